The summed E-state index contributed by atoms with van der Waals surface area (Å²) in [6.45, 7) is 0.0138. The molecular weight excluding hydrogens is 316 g/mol. The molecule has 1 saturated heterocycles. The molecule has 114 valence electrons. The number of nitrogens with one attached hydrogen (secondary N) is 1. The summed E-state index contributed by atoms with van der Waals surface area (Å²) in [6.07, 6.45) is 0. The monoisotopic (exact) mass is 330 g/mol. The van der Waals surface area contributed by atoms with E-state index in [2.05, 4.69) is 5.32 Å². The minimum atomic E-state index is -0.298. The van der Waals surface area contributed by atoms with Gasteiger partial charge in [0.2, 0.25) is 11.8 Å². The van der Waals surface area contributed by atoms with Crippen LogP contribution < -0.4 is 14.8 Å². The van der Waals surface area contributed by atoms with Crippen molar-refractivity contribution in [3.63, 3.8) is 0 Å². The van der Waals surface area contributed by atoms with Crippen molar-refractivity contribution in [3.05, 3.63) is 17.2 Å². The van der Waals surface area contributed by atoms with Crippen molar-refractivity contribution in [2.24, 2.45) is 0 Å². The smallest absolute Gasteiger partial charge is 0.244 e. The van der Waals surface area contributed by atoms with Gasteiger partial charge in [-0.15, -0.1) is 11.8 Å². The Labute approximate surface area is 131 Å². The molecule has 1 aliphatic rings. The van der Waals surface area contributed by atoms with Crippen LogP contribution in [0.3, 0.4) is 0 Å². The van der Waals surface area contributed by atoms with E-state index in [1.165, 1.54) is 30.9 Å². The van der Waals surface area contributed by atoms with Gasteiger partial charge in [0.25, 0.3) is 0 Å². The lowest BCUT2D eigenvalue weighted by Gasteiger charge is -2.16. The number of thioether (sulfide) groups is 1. The Hall–Kier alpha value is -1.60. The molecule has 0 aliphatic carbocycles. The zero-order valence-corrected chi connectivity index (χ0v) is 13.2. The Morgan fingerprint density at radius 1 is 1.38 bits per heavy atom. The van der Waals surface area contributed by atoms with Crippen molar-refractivity contribution >= 4 is 40.9 Å². The Morgan fingerprint density at radius 3 is 2.67 bits per heavy atom. The first-order chi connectivity index (χ1) is 10.0. The molecule has 2 rings (SSSR count). The fraction of sp³-hybridized carbons (Fsp3) is 0.385. The fourth-order valence-corrected chi connectivity index (χ4v) is 3.00. The fourth-order valence-electron chi connectivity index (χ4n) is 1.86. The summed E-state index contributed by atoms with van der Waals surface area (Å²) in [5.74, 6) is 1.49. The molecule has 2 amide bonds. The van der Waals surface area contributed by atoms with E-state index >= 15 is 0 Å². The number of amides is 2. The number of nitrogens with zero attached hydrogens (tertiary/aromatic N) is 1. The second-order valence-electron chi connectivity index (χ2n) is 4.30. The third kappa shape index (κ3) is 3.74. The lowest BCUT2D eigenvalue weighted by molar-refractivity contribution is -0.130. The van der Waals surface area contributed by atoms with E-state index in [1.54, 1.807) is 12.1 Å². The van der Waals surface area contributed by atoms with E-state index < -0.39 is 0 Å². The van der Waals surface area contributed by atoms with Gasteiger partial charge in [0.1, 0.15) is 18.0 Å². The molecule has 0 unspecified atom stereocenters. The third-order valence-electron chi connectivity index (χ3n) is 2.91. The maximum absolute atomic E-state index is 12.0. The number of ether oxygens (including phenoxy) is 2. The van der Waals surface area contributed by atoms with Crippen LogP contribution in [0.4, 0.5) is 5.69 Å². The number of hydrogen-bond acceptors (Lipinski definition) is 5. The first-order valence-electron chi connectivity index (χ1n) is 6.12. The highest BCUT2D eigenvalue weighted by atomic mass is 35.5. The highest BCUT2D eigenvalue weighted by Crippen LogP contribution is 2.35. The lowest BCUT2D eigenvalue weighted by atomic mass is 10.2. The Morgan fingerprint density at radius 2 is 2.10 bits per heavy atom. The number of methoxy groups -OCH3 is 2. The summed E-state index contributed by atoms with van der Waals surface area (Å²) in [5.41, 5.74) is 0.447. The van der Waals surface area contributed by atoms with Crippen molar-refractivity contribution in [1.29, 1.82) is 0 Å². The molecule has 6 nitrogen and oxygen atoms in total. The molecular formula is C13H15ClN2O4S. The van der Waals surface area contributed by atoms with Crippen LogP contribution in [-0.2, 0) is 9.59 Å². The average Bonchev–Trinajstić information content (AvgIpc) is 2.85. The van der Waals surface area contributed by atoms with E-state index in [4.69, 9.17) is 21.1 Å². The van der Waals surface area contributed by atoms with Gasteiger partial charge in [0, 0.05) is 12.1 Å². The zero-order valence-electron chi connectivity index (χ0n) is 11.6. The molecule has 0 radical (unpaired) electrons. The molecule has 1 N–H and O–H groups in total. The van der Waals surface area contributed by atoms with Crippen LogP contribution in [0.2, 0.25) is 5.02 Å². The standard InChI is InChI=1S/C13H15ClN2O4S/c1-19-10-4-9(11(20-2)3-8(10)14)15-12(17)5-16-7-21-6-13(16)18/h3-4H,5-7H2,1-2H3,(H,15,17). The normalized spacial score (nSPS) is 14.2. The van der Waals surface area contributed by atoms with Crippen molar-refractivity contribution in [1.82, 2.24) is 4.90 Å². The van der Waals surface area contributed by atoms with Gasteiger partial charge in [-0.2, -0.15) is 0 Å². The quantitative estimate of drug-likeness (QED) is 0.892. The second-order valence-corrected chi connectivity index (χ2v) is 5.67. The minimum Gasteiger partial charge on any atom is -0.495 e. The topological polar surface area (TPSA) is 67.9 Å². The van der Waals surface area contributed by atoms with Crippen molar-refractivity contribution in [2.75, 3.05) is 37.7 Å². The van der Waals surface area contributed by atoms with Crippen LogP contribution in [-0.4, -0.2) is 49.1 Å². The summed E-state index contributed by atoms with van der Waals surface area (Å²) in [4.78, 5) is 25.0. The molecule has 1 heterocycles. The summed E-state index contributed by atoms with van der Waals surface area (Å²) >= 11 is 7.49. The molecule has 0 spiro atoms. The van der Waals surface area contributed by atoms with Crippen LogP contribution in [0.5, 0.6) is 11.5 Å². The molecule has 0 bridgehead atoms. The van der Waals surface area contributed by atoms with E-state index in [1.807, 2.05) is 0 Å². The van der Waals surface area contributed by atoms with Crippen LogP contribution in [0.15, 0.2) is 12.1 Å². The summed E-state index contributed by atoms with van der Waals surface area (Å²) in [7, 11) is 2.97. The minimum absolute atomic E-state index is 0.0138. The van der Waals surface area contributed by atoms with Crippen LogP contribution in [0, 0.1) is 0 Å². The first kappa shape index (κ1) is 15.8. The number of hydrogen-bond donors (Lipinski definition) is 1. The Balaban J connectivity index is 2.10. The number of benzene rings is 1. The number of halogens is 1. The average molecular weight is 331 g/mol. The van der Waals surface area contributed by atoms with Gasteiger partial charge in [-0.3, -0.25) is 9.59 Å². The highest BCUT2D eigenvalue weighted by molar-refractivity contribution is 8.00. The number of anilines is 1. The maximum Gasteiger partial charge on any atom is 0.244 e. The molecule has 1 fully saturated rings. The van der Waals surface area contributed by atoms with Gasteiger partial charge in [0.15, 0.2) is 0 Å². The van der Waals surface area contributed by atoms with Gasteiger partial charge >= 0.3 is 0 Å². The third-order valence-corrected chi connectivity index (χ3v) is 4.15. The molecule has 0 aromatic heterocycles. The van der Waals surface area contributed by atoms with Crippen LogP contribution >= 0.6 is 23.4 Å². The van der Waals surface area contributed by atoms with E-state index in [-0.39, 0.29) is 18.4 Å². The lowest BCUT2D eigenvalue weighted by Crippen LogP contribution is -2.34. The molecule has 1 aromatic carbocycles. The molecule has 0 saturated carbocycles. The van der Waals surface area contributed by atoms with Crippen molar-refractivity contribution in [3.8, 4) is 11.5 Å². The zero-order chi connectivity index (χ0) is 15.4. The van der Waals surface area contributed by atoms with E-state index in [0.717, 1.165) is 0 Å². The number of carbonyl (C=O) groups is 2. The van der Waals surface area contributed by atoms with Crippen molar-refractivity contribution in [2.45, 2.75) is 0 Å². The Kier molecular flexibility index (Phi) is 5.19. The van der Waals surface area contributed by atoms with Crippen LogP contribution in [0.25, 0.3) is 0 Å². The van der Waals surface area contributed by atoms with Crippen molar-refractivity contribution < 1.29 is 19.1 Å². The second kappa shape index (κ2) is 6.91. The number of carbonyl (C=O) groups excluding carboxylic acids is 2. The highest BCUT2D eigenvalue weighted by Gasteiger charge is 2.23. The van der Waals surface area contributed by atoms with Gasteiger partial charge in [-0.05, 0) is 0 Å². The van der Waals surface area contributed by atoms with Crippen LogP contribution in [0.1, 0.15) is 0 Å². The van der Waals surface area contributed by atoms with E-state index in [9.17, 15) is 9.59 Å². The summed E-state index contributed by atoms with van der Waals surface area (Å²) < 4.78 is 10.3. The van der Waals surface area contributed by atoms with E-state index in [0.29, 0.717) is 33.8 Å². The largest absolute Gasteiger partial charge is 0.495 e. The first-order valence-corrected chi connectivity index (χ1v) is 7.65. The molecule has 1 aliphatic heterocycles. The molecule has 8 heteroatoms. The predicted molar refractivity (Wildman–Crippen MR) is 82.2 cm³/mol. The van der Waals surface area contributed by atoms with Gasteiger partial charge in [0.05, 0.1) is 36.6 Å². The van der Waals surface area contributed by atoms with Gasteiger partial charge < -0.3 is 19.7 Å². The molecule has 0 atom stereocenters. The molecule has 21 heavy (non-hydrogen) atoms. The predicted octanol–water partition coefficient (Wildman–Crippen LogP) is 1.83. The summed E-state index contributed by atoms with van der Waals surface area (Å²) in [6, 6.07) is 3.15. The van der Waals surface area contributed by atoms with Gasteiger partial charge in [-0.1, -0.05) is 11.6 Å². The maximum atomic E-state index is 12.0. The SMILES string of the molecule is COc1cc(NC(=O)CN2CSCC2=O)c(OC)cc1Cl. The number of rotatable bonds is 5. The van der Waals surface area contributed by atoms with Gasteiger partial charge in [-0.25, -0.2) is 0 Å². The molecule has 1 aromatic rings. The Bertz CT molecular complexity index is 567. The summed E-state index contributed by atoms with van der Waals surface area (Å²) in [5, 5.41) is 3.09.